The minimum Gasteiger partial charge on any atom is -0.481 e. The van der Waals surface area contributed by atoms with Gasteiger partial charge in [0, 0.05) is 6.54 Å². The van der Waals surface area contributed by atoms with E-state index < -0.39 is 5.97 Å². The van der Waals surface area contributed by atoms with E-state index in [2.05, 4.69) is 6.92 Å². The predicted octanol–water partition coefficient (Wildman–Crippen LogP) is 3.42. The molecular weight excluding hydrogens is 226 g/mol. The Morgan fingerprint density at radius 1 is 1.33 bits per heavy atom. The quantitative estimate of drug-likeness (QED) is 0.698. The Morgan fingerprint density at radius 3 is 2.56 bits per heavy atom. The smallest absolute Gasteiger partial charge is 0.307 e. The summed E-state index contributed by atoms with van der Waals surface area (Å²) in [7, 11) is 0. The third-order valence-corrected chi connectivity index (χ3v) is 4.35. The fourth-order valence-electron chi connectivity index (χ4n) is 3.13. The van der Waals surface area contributed by atoms with Crippen molar-refractivity contribution in [1.29, 1.82) is 0 Å². The van der Waals surface area contributed by atoms with Crippen LogP contribution in [0.4, 0.5) is 0 Å². The number of carboxylic acid groups (broad SMARTS) is 1. The van der Waals surface area contributed by atoms with E-state index in [4.69, 9.17) is 10.8 Å². The molecule has 0 spiro atoms. The lowest BCUT2D eigenvalue weighted by molar-refractivity contribution is -0.141. The fraction of sp³-hybridized carbons (Fsp3) is 0.933. The van der Waals surface area contributed by atoms with Crippen LogP contribution in [0.1, 0.15) is 64.7 Å². The molecule has 0 unspecified atom stereocenters. The predicted molar refractivity (Wildman–Crippen MR) is 74.4 cm³/mol. The zero-order chi connectivity index (χ0) is 13.4. The molecular formula is C15H29NO2. The van der Waals surface area contributed by atoms with Crippen molar-refractivity contribution in [2.24, 2.45) is 23.5 Å². The van der Waals surface area contributed by atoms with Crippen LogP contribution in [0.15, 0.2) is 0 Å². The topological polar surface area (TPSA) is 63.3 Å². The maximum Gasteiger partial charge on any atom is 0.307 e. The molecule has 0 bridgehead atoms. The van der Waals surface area contributed by atoms with E-state index in [1.54, 1.807) is 0 Å². The van der Waals surface area contributed by atoms with E-state index in [1.807, 2.05) is 0 Å². The summed E-state index contributed by atoms with van der Waals surface area (Å²) < 4.78 is 0. The highest BCUT2D eigenvalue weighted by Gasteiger charge is 2.19. The van der Waals surface area contributed by atoms with Crippen LogP contribution in [-0.2, 0) is 4.79 Å². The molecule has 18 heavy (non-hydrogen) atoms. The summed E-state index contributed by atoms with van der Waals surface area (Å²) in [5.74, 6) is 0.334. The normalized spacial score (nSPS) is 20.6. The molecule has 1 saturated carbocycles. The fourth-order valence-corrected chi connectivity index (χ4v) is 3.13. The van der Waals surface area contributed by atoms with Gasteiger partial charge in [0.1, 0.15) is 0 Å². The molecule has 2 atom stereocenters. The van der Waals surface area contributed by atoms with Gasteiger partial charge in [0.2, 0.25) is 0 Å². The Bertz CT molecular complexity index is 237. The van der Waals surface area contributed by atoms with E-state index in [9.17, 15) is 4.79 Å². The first-order chi connectivity index (χ1) is 8.63. The van der Waals surface area contributed by atoms with Gasteiger partial charge >= 0.3 is 5.97 Å². The lowest BCUT2D eigenvalue weighted by atomic mass is 9.84. The number of nitrogens with two attached hydrogens (primary N) is 1. The van der Waals surface area contributed by atoms with Gasteiger partial charge in [-0.1, -0.05) is 58.3 Å². The summed E-state index contributed by atoms with van der Waals surface area (Å²) in [6, 6.07) is 0. The van der Waals surface area contributed by atoms with Crippen molar-refractivity contribution in [3.05, 3.63) is 0 Å². The molecule has 0 heterocycles. The lowest BCUT2D eigenvalue weighted by Crippen LogP contribution is -2.25. The van der Waals surface area contributed by atoms with Crippen LogP contribution in [0, 0.1) is 17.8 Å². The van der Waals surface area contributed by atoms with Crippen LogP contribution in [0.3, 0.4) is 0 Å². The van der Waals surface area contributed by atoms with E-state index in [0.29, 0.717) is 5.92 Å². The van der Waals surface area contributed by atoms with Crippen molar-refractivity contribution < 1.29 is 9.90 Å². The zero-order valence-electron chi connectivity index (χ0n) is 11.7. The minimum absolute atomic E-state index is 0.266. The highest BCUT2D eigenvalue weighted by Crippen LogP contribution is 2.29. The molecule has 0 aliphatic heterocycles. The Hall–Kier alpha value is -0.570. The second kappa shape index (κ2) is 8.52. The molecule has 0 amide bonds. The molecule has 1 aliphatic carbocycles. The SMILES string of the molecule is C[C@@H](CCCC1CCCCC1)C[C@H](CN)C(=O)O. The van der Waals surface area contributed by atoms with Gasteiger partial charge in [0.25, 0.3) is 0 Å². The van der Waals surface area contributed by atoms with Gasteiger partial charge in [-0.05, 0) is 18.3 Å². The maximum absolute atomic E-state index is 10.9. The van der Waals surface area contributed by atoms with Crippen molar-refractivity contribution in [3.63, 3.8) is 0 Å². The maximum atomic E-state index is 10.9. The number of carboxylic acids is 1. The highest BCUT2D eigenvalue weighted by molar-refractivity contribution is 5.70. The Morgan fingerprint density at radius 2 is 2.00 bits per heavy atom. The van der Waals surface area contributed by atoms with E-state index in [0.717, 1.165) is 18.8 Å². The lowest BCUT2D eigenvalue weighted by Gasteiger charge is -2.22. The largest absolute Gasteiger partial charge is 0.481 e. The van der Waals surface area contributed by atoms with Gasteiger partial charge in [-0.15, -0.1) is 0 Å². The van der Waals surface area contributed by atoms with Crippen LogP contribution in [-0.4, -0.2) is 17.6 Å². The molecule has 1 fully saturated rings. The first kappa shape index (κ1) is 15.5. The summed E-state index contributed by atoms with van der Waals surface area (Å²) in [6.07, 6.45) is 11.5. The van der Waals surface area contributed by atoms with Gasteiger partial charge in [-0.2, -0.15) is 0 Å². The average Bonchev–Trinajstić information content (AvgIpc) is 2.37. The number of aliphatic carboxylic acids is 1. The van der Waals surface area contributed by atoms with Crippen molar-refractivity contribution in [3.8, 4) is 0 Å². The van der Waals surface area contributed by atoms with E-state index >= 15 is 0 Å². The van der Waals surface area contributed by atoms with Gasteiger partial charge in [-0.25, -0.2) is 0 Å². The van der Waals surface area contributed by atoms with Gasteiger partial charge < -0.3 is 10.8 Å². The van der Waals surface area contributed by atoms with Crippen LogP contribution in [0.2, 0.25) is 0 Å². The third-order valence-electron chi connectivity index (χ3n) is 4.35. The van der Waals surface area contributed by atoms with Crippen LogP contribution in [0.5, 0.6) is 0 Å². The van der Waals surface area contributed by atoms with Crippen molar-refractivity contribution in [1.82, 2.24) is 0 Å². The molecule has 0 aromatic rings. The number of rotatable bonds is 8. The first-order valence-corrected chi connectivity index (χ1v) is 7.56. The third kappa shape index (κ3) is 5.85. The number of carbonyl (C=O) groups is 1. The molecule has 0 saturated heterocycles. The van der Waals surface area contributed by atoms with Crippen molar-refractivity contribution in [2.45, 2.75) is 64.7 Å². The molecule has 3 N–H and O–H groups in total. The summed E-state index contributed by atoms with van der Waals surface area (Å²) in [5, 5.41) is 8.97. The minimum atomic E-state index is -0.739. The summed E-state index contributed by atoms with van der Waals surface area (Å²) in [5.41, 5.74) is 5.49. The highest BCUT2D eigenvalue weighted by atomic mass is 16.4. The summed E-state index contributed by atoms with van der Waals surface area (Å²) in [6.45, 7) is 2.43. The average molecular weight is 255 g/mol. The second-order valence-electron chi connectivity index (χ2n) is 6.05. The van der Waals surface area contributed by atoms with Crippen molar-refractivity contribution in [2.75, 3.05) is 6.54 Å². The molecule has 1 rings (SSSR count). The van der Waals surface area contributed by atoms with Crippen molar-refractivity contribution >= 4 is 5.97 Å². The van der Waals surface area contributed by atoms with Gasteiger partial charge in [-0.3, -0.25) is 4.79 Å². The Kier molecular flexibility index (Phi) is 7.33. The van der Waals surface area contributed by atoms with E-state index in [1.165, 1.54) is 44.9 Å². The molecule has 0 aromatic carbocycles. The molecule has 3 nitrogen and oxygen atoms in total. The van der Waals surface area contributed by atoms with Crippen LogP contribution in [0.25, 0.3) is 0 Å². The Balaban J connectivity index is 2.12. The first-order valence-electron chi connectivity index (χ1n) is 7.56. The second-order valence-corrected chi connectivity index (χ2v) is 6.05. The molecule has 0 aromatic heterocycles. The van der Waals surface area contributed by atoms with Crippen LogP contribution >= 0.6 is 0 Å². The molecule has 1 aliphatic rings. The summed E-state index contributed by atoms with van der Waals surface area (Å²) >= 11 is 0. The summed E-state index contributed by atoms with van der Waals surface area (Å²) in [4.78, 5) is 10.9. The van der Waals surface area contributed by atoms with Gasteiger partial charge in [0.05, 0.1) is 5.92 Å². The standard InChI is InChI=1S/C15H29NO2/c1-12(10-14(11-16)15(17)18)6-5-9-13-7-3-2-4-8-13/h12-14H,2-11,16H2,1H3,(H,17,18)/t12-,14+/m0/s1. The monoisotopic (exact) mass is 255 g/mol. The number of hydrogen-bond donors (Lipinski definition) is 2. The van der Waals surface area contributed by atoms with Crippen LogP contribution < -0.4 is 5.73 Å². The molecule has 3 heteroatoms. The van der Waals surface area contributed by atoms with Gasteiger partial charge in [0.15, 0.2) is 0 Å². The number of hydrogen-bond acceptors (Lipinski definition) is 2. The zero-order valence-corrected chi connectivity index (χ0v) is 11.7. The van der Waals surface area contributed by atoms with E-state index in [-0.39, 0.29) is 12.5 Å². The molecule has 106 valence electrons. The Labute approximate surface area is 111 Å². The molecule has 0 radical (unpaired) electrons.